The van der Waals surface area contributed by atoms with Crippen molar-refractivity contribution in [2.75, 3.05) is 0 Å². The first-order valence-electron chi connectivity index (χ1n) is 14.2. The van der Waals surface area contributed by atoms with Gasteiger partial charge in [-0.05, 0) is 42.5 Å². The van der Waals surface area contributed by atoms with Crippen LogP contribution in [0.4, 0.5) is 0 Å². The molecule has 0 aliphatic carbocycles. The number of rotatable bonds is 20. The van der Waals surface area contributed by atoms with Gasteiger partial charge in [0, 0.05) is 12.4 Å². The van der Waals surface area contributed by atoms with E-state index < -0.39 is 0 Å². The van der Waals surface area contributed by atoms with Crippen LogP contribution in [-0.2, 0) is 12.8 Å². The molecular weight excluding hydrogens is 400 g/mol. The third-order valence-electron chi connectivity index (χ3n) is 6.89. The van der Waals surface area contributed by atoms with Crippen molar-refractivity contribution in [3.8, 4) is 11.4 Å². The molecule has 0 bridgehead atoms. The number of pyridine rings is 2. The van der Waals surface area contributed by atoms with Crippen LogP contribution in [-0.4, -0.2) is 9.97 Å². The minimum atomic E-state index is 0.969. The van der Waals surface area contributed by atoms with Crippen molar-refractivity contribution in [3.63, 3.8) is 0 Å². The lowest BCUT2D eigenvalue weighted by molar-refractivity contribution is 0.527. The highest BCUT2D eigenvalue weighted by Crippen LogP contribution is 2.17. The van der Waals surface area contributed by atoms with Gasteiger partial charge in [-0.25, -0.2) is 0 Å². The lowest BCUT2D eigenvalue weighted by atomic mass is 10.0. The average Bonchev–Trinajstić information content (AvgIpc) is 2.86. The SMILES string of the molecule is CCCCCCCCCCCCCCCCCCCc1ccc(-c2ccc(CC)cn2)nc1. The Balaban J connectivity index is 1.39. The highest BCUT2D eigenvalue weighted by molar-refractivity contribution is 5.54. The fraction of sp³-hybridized carbons (Fsp3) is 0.677. The van der Waals surface area contributed by atoms with Crippen molar-refractivity contribution in [2.24, 2.45) is 0 Å². The molecule has 2 aromatic heterocycles. The lowest BCUT2D eigenvalue weighted by Crippen LogP contribution is -1.92. The monoisotopic (exact) mass is 450 g/mol. The molecule has 0 aliphatic rings. The first kappa shape index (κ1) is 27.5. The van der Waals surface area contributed by atoms with Gasteiger partial charge in [0.25, 0.3) is 0 Å². The zero-order chi connectivity index (χ0) is 23.4. The van der Waals surface area contributed by atoms with E-state index in [1.807, 2.05) is 12.4 Å². The second kappa shape index (κ2) is 18.7. The molecule has 184 valence electrons. The van der Waals surface area contributed by atoms with Crippen molar-refractivity contribution < 1.29 is 0 Å². The van der Waals surface area contributed by atoms with Crippen LogP contribution in [0, 0.1) is 0 Å². The van der Waals surface area contributed by atoms with Crippen molar-refractivity contribution in [1.29, 1.82) is 0 Å². The molecule has 0 spiro atoms. The van der Waals surface area contributed by atoms with E-state index in [0.717, 1.165) is 24.2 Å². The Hall–Kier alpha value is -1.70. The summed E-state index contributed by atoms with van der Waals surface area (Å²) >= 11 is 0. The molecule has 2 rings (SSSR count). The van der Waals surface area contributed by atoms with Crippen molar-refractivity contribution in [1.82, 2.24) is 9.97 Å². The summed E-state index contributed by atoms with van der Waals surface area (Å²) in [6, 6.07) is 8.58. The standard InChI is InChI=1S/C31H50N2/c1-3-5-6-7-8-9-10-11-12-13-14-15-16-17-18-19-20-21-29-23-25-31(33-27-29)30-24-22-28(4-2)26-32-30/h22-27H,3-21H2,1-2H3. The van der Waals surface area contributed by atoms with E-state index in [1.54, 1.807) is 0 Å². The van der Waals surface area contributed by atoms with E-state index in [-0.39, 0.29) is 0 Å². The fourth-order valence-electron chi connectivity index (χ4n) is 4.56. The van der Waals surface area contributed by atoms with E-state index in [9.17, 15) is 0 Å². The van der Waals surface area contributed by atoms with Gasteiger partial charge in [-0.3, -0.25) is 9.97 Å². The van der Waals surface area contributed by atoms with Gasteiger partial charge in [-0.15, -0.1) is 0 Å². The summed E-state index contributed by atoms with van der Waals surface area (Å²) in [5.74, 6) is 0. The molecule has 2 aromatic rings. The molecule has 0 N–H and O–H groups in total. The highest BCUT2D eigenvalue weighted by Gasteiger charge is 2.02. The van der Waals surface area contributed by atoms with Gasteiger partial charge in [0.2, 0.25) is 0 Å². The molecule has 0 saturated carbocycles. The molecule has 0 aromatic carbocycles. The van der Waals surface area contributed by atoms with Crippen LogP contribution in [0.2, 0.25) is 0 Å². The molecule has 33 heavy (non-hydrogen) atoms. The van der Waals surface area contributed by atoms with Gasteiger partial charge in [0.15, 0.2) is 0 Å². The van der Waals surface area contributed by atoms with E-state index in [2.05, 4.69) is 48.1 Å². The van der Waals surface area contributed by atoms with Crippen LogP contribution in [0.3, 0.4) is 0 Å². The van der Waals surface area contributed by atoms with Gasteiger partial charge in [0.1, 0.15) is 0 Å². The van der Waals surface area contributed by atoms with Crippen LogP contribution >= 0.6 is 0 Å². The number of aromatic nitrogens is 2. The maximum atomic E-state index is 4.64. The molecule has 2 heteroatoms. The Morgan fingerprint density at radius 2 is 0.848 bits per heavy atom. The van der Waals surface area contributed by atoms with E-state index >= 15 is 0 Å². The average molecular weight is 451 g/mol. The Morgan fingerprint density at radius 1 is 0.455 bits per heavy atom. The lowest BCUT2D eigenvalue weighted by Gasteiger charge is -2.05. The largest absolute Gasteiger partial charge is 0.254 e. The Bertz CT molecular complexity index is 690. The van der Waals surface area contributed by atoms with E-state index in [0.29, 0.717) is 0 Å². The summed E-state index contributed by atoms with van der Waals surface area (Å²) in [6.45, 7) is 4.45. The number of nitrogens with zero attached hydrogens (tertiary/aromatic N) is 2. The number of unbranched alkanes of at least 4 members (excludes halogenated alkanes) is 16. The van der Waals surface area contributed by atoms with Crippen LogP contribution in [0.5, 0.6) is 0 Å². The second-order valence-electron chi connectivity index (χ2n) is 9.86. The molecule has 0 fully saturated rings. The van der Waals surface area contributed by atoms with Crippen LogP contribution in [0.15, 0.2) is 36.7 Å². The van der Waals surface area contributed by atoms with Gasteiger partial charge >= 0.3 is 0 Å². The first-order chi connectivity index (χ1) is 16.3. The summed E-state index contributed by atoms with van der Waals surface area (Å²) in [5, 5.41) is 0. The quantitative estimate of drug-likeness (QED) is 0.187. The predicted octanol–water partition coefficient (Wildman–Crippen LogP) is 9.90. The zero-order valence-corrected chi connectivity index (χ0v) is 21.8. The first-order valence-corrected chi connectivity index (χ1v) is 14.2. The third kappa shape index (κ3) is 12.9. The molecule has 2 nitrogen and oxygen atoms in total. The molecule has 0 aliphatic heterocycles. The Kier molecular flexibility index (Phi) is 15.6. The van der Waals surface area contributed by atoms with Crippen LogP contribution in [0.25, 0.3) is 11.4 Å². The maximum Gasteiger partial charge on any atom is 0.0886 e. The summed E-state index contributed by atoms with van der Waals surface area (Å²) in [5.41, 5.74) is 4.57. The van der Waals surface area contributed by atoms with Crippen LogP contribution < -0.4 is 0 Å². The van der Waals surface area contributed by atoms with Gasteiger partial charge in [0.05, 0.1) is 11.4 Å². The number of hydrogen-bond acceptors (Lipinski definition) is 2. The van der Waals surface area contributed by atoms with Crippen LogP contribution in [0.1, 0.15) is 134 Å². The molecule has 0 unspecified atom stereocenters. The molecule has 0 radical (unpaired) electrons. The zero-order valence-electron chi connectivity index (χ0n) is 21.8. The molecule has 0 saturated heterocycles. The molecule has 2 heterocycles. The highest BCUT2D eigenvalue weighted by atomic mass is 14.8. The topological polar surface area (TPSA) is 25.8 Å². The molecule has 0 atom stereocenters. The minimum absolute atomic E-state index is 0.969. The summed E-state index contributed by atoms with van der Waals surface area (Å²) in [6.07, 6.45) is 30.4. The summed E-state index contributed by atoms with van der Waals surface area (Å²) in [7, 11) is 0. The van der Waals surface area contributed by atoms with Gasteiger partial charge in [-0.2, -0.15) is 0 Å². The summed E-state index contributed by atoms with van der Waals surface area (Å²) < 4.78 is 0. The molecular formula is C31H50N2. The Labute approximate surface area is 205 Å². The predicted molar refractivity (Wildman–Crippen MR) is 145 cm³/mol. The molecule has 0 amide bonds. The number of aryl methyl sites for hydroxylation is 2. The maximum absolute atomic E-state index is 4.64. The van der Waals surface area contributed by atoms with E-state index in [1.165, 1.54) is 120 Å². The van der Waals surface area contributed by atoms with Gasteiger partial charge < -0.3 is 0 Å². The number of hydrogen-bond donors (Lipinski definition) is 0. The third-order valence-corrected chi connectivity index (χ3v) is 6.89. The minimum Gasteiger partial charge on any atom is -0.254 e. The normalized spacial score (nSPS) is 11.2. The van der Waals surface area contributed by atoms with Crippen molar-refractivity contribution in [3.05, 3.63) is 47.8 Å². The van der Waals surface area contributed by atoms with Crippen molar-refractivity contribution in [2.45, 2.75) is 136 Å². The van der Waals surface area contributed by atoms with Crippen molar-refractivity contribution >= 4 is 0 Å². The second-order valence-corrected chi connectivity index (χ2v) is 9.86. The fourth-order valence-corrected chi connectivity index (χ4v) is 4.56. The smallest absolute Gasteiger partial charge is 0.0886 e. The van der Waals surface area contributed by atoms with Gasteiger partial charge in [-0.1, -0.05) is 129 Å². The Morgan fingerprint density at radius 3 is 1.21 bits per heavy atom. The van der Waals surface area contributed by atoms with E-state index in [4.69, 9.17) is 0 Å². The summed E-state index contributed by atoms with van der Waals surface area (Å²) in [4.78, 5) is 9.17.